The molecule has 0 radical (unpaired) electrons. The number of aliphatic carboxylic acids is 1. The maximum atomic E-state index is 12.2. The van der Waals surface area contributed by atoms with E-state index in [1.54, 1.807) is 4.90 Å². The second-order valence-electron chi connectivity index (χ2n) is 6.10. The monoisotopic (exact) mass is 334 g/mol. The highest BCUT2D eigenvalue weighted by molar-refractivity contribution is 5.76. The molecule has 1 aliphatic heterocycles. The SMILES string of the molecule is CCCOc1cccc(CCNC(=O)N2CCCC(C(=O)O)C2)c1. The van der Waals surface area contributed by atoms with Gasteiger partial charge in [0.05, 0.1) is 12.5 Å². The summed E-state index contributed by atoms with van der Waals surface area (Å²) in [5, 5.41) is 12.0. The van der Waals surface area contributed by atoms with Crippen molar-refractivity contribution >= 4 is 12.0 Å². The van der Waals surface area contributed by atoms with Crippen molar-refractivity contribution in [3.63, 3.8) is 0 Å². The van der Waals surface area contributed by atoms with Gasteiger partial charge in [-0.3, -0.25) is 4.79 Å². The van der Waals surface area contributed by atoms with Crippen LogP contribution in [0.3, 0.4) is 0 Å². The number of carboxylic acid groups (broad SMARTS) is 1. The molecule has 1 heterocycles. The number of hydrogen-bond acceptors (Lipinski definition) is 3. The lowest BCUT2D eigenvalue weighted by molar-refractivity contribution is -0.143. The summed E-state index contributed by atoms with van der Waals surface area (Å²) >= 11 is 0. The van der Waals surface area contributed by atoms with E-state index in [2.05, 4.69) is 12.2 Å². The highest BCUT2D eigenvalue weighted by Crippen LogP contribution is 2.17. The topological polar surface area (TPSA) is 78.9 Å². The van der Waals surface area contributed by atoms with Gasteiger partial charge in [0.25, 0.3) is 0 Å². The molecule has 1 aromatic carbocycles. The largest absolute Gasteiger partial charge is 0.494 e. The fourth-order valence-electron chi connectivity index (χ4n) is 2.80. The molecule has 1 unspecified atom stereocenters. The number of ether oxygens (including phenoxy) is 1. The lowest BCUT2D eigenvalue weighted by Gasteiger charge is -2.30. The summed E-state index contributed by atoms with van der Waals surface area (Å²) in [5.41, 5.74) is 1.10. The van der Waals surface area contributed by atoms with E-state index >= 15 is 0 Å². The summed E-state index contributed by atoms with van der Waals surface area (Å²) in [5.74, 6) is -0.422. The van der Waals surface area contributed by atoms with E-state index in [1.807, 2.05) is 24.3 Å². The Morgan fingerprint density at radius 3 is 3.00 bits per heavy atom. The molecular formula is C18H26N2O4. The van der Waals surface area contributed by atoms with Crippen molar-refractivity contribution in [1.29, 1.82) is 0 Å². The Hall–Kier alpha value is -2.24. The van der Waals surface area contributed by atoms with Gasteiger partial charge >= 0.3 is 12.0 Å². The van der Waals surface area contributed by atoms with Crippen molar-refractivity contribution in [3.05, 3.63) is 29.8 Å². The summed E-state index contributed by atoms with van der Waals surface area (Å²) in [4.78, 5) is 24.8. The summed E-state index contributed by atoms with van der Waals surface area (Å²) in [6, 6.07) is 7.69. The van der Waals surface area contributed by atoms with Gasteiger partial charge in [0.1, 0.15) is 5.75 Å². The Labute approximate surface area is 142 Å². The Balaban J connectivity index is 1.77. The standard InChI is InChI=1S/C18H26N2O4/c1-2-11-24-16-7-3-5-14(12-16)8-9-19-18(23)20-10-4-6-15(13-20)17(21)22/h3,5,7,12,15H,2,4,6,8-11,13H2,1H3,(H,19,23)(H,21,22). The molecular weight excluding hydrogens is 308 g/mol. The smallest absolute Gasteiger partial charge is 0.317 e. The Bertz CT molecular complexity index is 562. The number of rotatable bonds is 7. The molecule has 1 atom stereocenters. The first-order valence-corrected chi connectivity index (χ1v) is 8.57. The molecule has 0 aromatic heterocycles. The number of nitrogens with one attached hydrogen (secondary N) is 1. The van der Waals surface area contributed by atoms with E-state index in [0.29, 0.717) is 39.1 Å². The molecule has 2 amide bonds. The molecule has 132 valence electrons. The molecule has 6 heteroatoms. The number of piperidine rings is 1. The zero-order chi connectivity index (χ0) is 17.4. The zero-order valence-electron chi connectivity index (χ0n) is 14.2. The van der Waals surface area contributed by atoms with Crippen LogP contribution in [0.1, 0.15) is 31.7 Å². The number of nitrogens with zero attached hydrogens (tertiary/aromatic N) is 1. The minimum absolute atomic E-state index is 0.181. The third-order valence-corrected chi connectivity index (χ3v) is 4.12. The van der Waals surface area contributed by atoms with Crippen LogP contribution in [0.2, 0.25) is 0 Å². The van der Waals surface area contributed by atoms with E-state index in [1.165, 1.54) is 0 Å². The van der Waals surface area contributed by atoms with Crippen LogP contribution in [0.4, 0.5) is 4.79 Å². The van der Waals surface area contributed by atoms with Gasteiger partial charge < -0.3 is 20.1 Å². The lowest BCUT2D eigenvalue weighted by Crippen LogP contribution is -2.47. The summed E-state index contributed by atoms with van der Waals surface area (Å²) in [6.45, 7) is 4.19. The van der Waals surface area contributed by atoms with E-state index in [-0.39, 0.29) is 6.03 Å². The first-order chi connectivity index (χ1) is 11.6. The van der Waals surface area contributed by atoms with Gasteiger partial charge in [-0.25, -0.2) is 4.79 Å². The van der Waals surface area contributed by atoms with Crippen LogP contribution in [-0.4, -0.2) is 48.2 Å². The van der Waals surface area contributed by atoms with Crippen molar-refractivity contribution < 1.29 is 19.4 Å². The minimum Gasteiger partial charge on any atom is -0.494 e. The summed E-state index contributed by atoms with van der Waals surface area (Å²) in [6.07, 6.45) is 3.06. The fourth-order valence-corrected chi connectivity index (χ4v) is 2.80. The van der Waals surface area contributed by atoms with E-state index < -0.39 is 11.9 Å². The van der Waals surface area contributed by atoms with Crippen molar-refractivity contribution in [2.45, 2.75) is 32.6 Å². The van der Waals surface area contributed by atoms with Crippen LogP contribution in [-0.2, 0) is 11.2 Å². The first-order valence-electron chi connectivity index (χ1n) is 8.57. The van der Waals surface area contributed by atoms with Gasteiger partial charge in [-0.2, -0.15) is 0 Å². The normalized spacial score (nSPS) is 17.4. The van der Waals surface area contributed by atoms with Crippen LogP contribution in [0, 0.1) is 5.92 Å². The van der Waals surface area contributed by atoms with Gasteiger partial charge in [0.2, 0.25) is 0 Å². The Morgan fingerprint density at radius 1 is 1.42 bits per heavy atom. The first kappa shape index (κ1) is 18.1. The van der Waals surface area contributed by atoms with Crippen LogP contribution in [0.5, 0.6) is 5.75 Å². The average Bonchev–Trinajstić information content (AvgIpc) is 2.60. The number of urea groups is 1. The molecule has 0 aliphatic carbocycles. The predicted molar refractivity (Wildman–Crippen MR) is 91.3 cm³/mol. The second-order valence-corrected chi connectivity index (χ2v) is 6.10. The number of carbonyl (C=O) groups excluding carboxylic acids is 1. The number of hydrogen-bond donors (Lipinski definition) is 2. The van der Waals surface area contributed by atoms with E-state index in [9.17, 15) is 9.59 Å². The highest BCUT2D eigenvalue weighted by Gasteiger charge is 2.27. The van der Waals surface area contributed by atoms with Crippen LogP contribution >= 0.6 is 0 Å². The highest BCUT2D eigenvalue weighted by atomic mass is 16.5. The van der Waals surface area contributed by atoms with Crippen LogP contribution < -0.4 is 10.1 Å². The summed E-state index contributed by atoms with van der Waals surface area (Å²) in [7, 11) is 0. The molecule has 1 fully saturated rings. The van der Waals surface area contributed by atoms with Crippen molar-refractivity contribution in [3.8, 4) is 5.75 Å². The third kappa shape index (κ3) is 5.44. The Kier molecular flexibility index (Phi) is 6.90. The lowest BCUT2D eigenvalue weighted by atomic mass is 9.99. The maximum Gasteiger partial charge on any atom is 0.317 e. The second kappa shape index (κ2) is 9.15. The number of likely N-dealkylation sites (tertiary alicyclic amines) is 1. The molecule has 2 rings (SSSR count). The van der Waals surface area contributed by atoms with Gasteiger partial charge in [-0.05, 0) is 43.4 Å². The molecule has 0 bridgehead atoms. The van der Waals surface area contributed by atoms with E-state index in [0.717, 1.165) is 24.2 Å². The maximum absolute atomic E-state index is 12.2. The van der Waals surface area contributed by atoms with Crippen molar-refractivity contribution in [2.75, 3.05) is 26.2 Å². The average molecular weight is 334 g/mol. The molecule has 1 aromatic rings. The van der Waals surface area contributed by atoms with Crippen LogP contribution in [0.15, 0.2) is 24.3 Å². The minimum atomic E-state index is -0.823. The number of amides is 2. The predicted octanol–water partition coefficient (Wildman–Crippen LogP) is 2.52. The number of benzene rings is 1. The third-order valence-electron chi connectivity index (χ3n) is 4.12. The molecule has 0 spiro atoms. The number of carboxylic acids is 1. The Morgan fingerprint density at radius 2 is 2.25 bits per heavy atom. The molecule has 1 aliphatic rings. The van der Waals surface area contributed by atoms with Crippen molar-refractivity contribution in [2.24, 2.45) is 5.92 Å². The molecule has 24 heavy (non-hydrogen) atoms. The quantitative estimate of drug-likeness (QED) is 0.803. The summed E-state index contributed by atoms with van der Waals surface area (Å²) < 4.78 is 5.60. The van der Waals surface area contributed by atoms with Gasteiger partial charge in [-0.15, -0.1) is 0 Å². The van der Waals surface area contributed by atoms with Crippen molar-refractivity contribution in [1.82, 2.24) is 10.2 Å². The van der Waals surface area contributed by atoms with Gasteiger partial charge in [0.15, 0.2) is 0 Å². The van der Waals surface area contributed by atoms with Crippen LogP contribution in [0.25, 0.3) is 0 Å². The van der Waals surface area contributed by atoms with Gasteiger partial charge in [-0.1, -0.05) is 19.1 Å². The molecule has 0 saturated carbocycles. The van der Waals surface area contributed by atoms with E-state index in [4.69, 9.17) is 9.84 Å². The number of carbonyl (C=O) groups is 2. The van der Waals surface area contributed by atoms with Gasteiger partial charge in [0, 0.05) is 19.6 Å². The molecule has 1 saturated heterocycles. The zero-order valence-corrected chi connectivity index (χ0v) is 14.2. The fraction of sp³-hybridized carbons (Fsp3) is 0.556. The molecule has 2 N–H and O–H groups in total. The molecule has 6 nitrogen and oxygen atoms in total.